The lowest BCUT2D eigenvalue weighted by atomic mass is 10.2. The quantitative estimate of drug-likeness (QED) is 0.924. The predicted molar refractivity (Wildman–Crippen MR) is 92.8 cm³/mol. The molecule has 24 heavy (non-hydrogen) atoms. The first-order chi connectivity index (χ1) is 11.6. The molecule has 1 fully saturated rings. The van der Waals surface area contributed by atoms with Crippen molar-refractivity contribution in [3.05, 3.63) is 54.4 Å². The van der Waals surface area contributed by atoms with Gasteiger partial charge in [0.25, 0.3) is 5.91 Å². The number of nitrogens with zero attached hydrogens (tertiary/aromatic N) is 3. The summed E-state index contributed by atoms with van der Waals surface area (Å²) in [5.74, 6) is 0.0271. The van der Waals surface area contributed by atoms with Crippen LogP contribution in [-0.2, 0) is 11.8 Å². The number of aryl methyl sites for hydroxylation is 1. The molecule has 1 aromatic carbocycles. The Morgan fingerprint density at radius 1 is 1.00 bits per heavy atom. The number of anilines is 1. The predicted octanol–water partition coefficient (Wildman–Crippen LogP) is 1.42. The molecule has 0 unspecified atom stereocenters. The molecule has 126 valence electrons. The van der Waals surface area contributed by atoms with E-state index in [-0.39, 0.29) is 11.8 Å². The number of para-hydroxylation sites is 1. The molecule has 2 aromatic rings. The minimum Gasteiger partial charge on any atom is -0.347 e. The van der Waals surface area contributed by atoms with Gasteiger partial charge in [0.1, 0.15) is 5.69 Å². The van der Waals surface area contributed by atoms with E-state index in [2.05, 4.69) is 10.2 Å². The maximum atomic E-state index is 12.5. The smallest absolute Gasteiger partial charge is 0.270 e. The van der Waals surface area contributed by atoms with Crippen LogP contribution in [0.2, 0.25) is 0 Å². The van der Waals surface area contributed by atoms with E-state index in [1.807, 2.05) is 65.2 Å². The fourth-order valence-electron chi connectivity index (χ4n) is 2.88. The Labute approximate surface area is 141 Å². The molecule has 6 heteroatoms. The van der Waals surface area contributed by atoms with E-state index < -0.39 is 0 Å². The maximum absolute atomic E-state index is 12.5. The molecular formula is C18H22N4O2. The van der Waals surface area contributed by atoms with E-state index in [4.69, 9.17) is 0 Å². The van der Waals surface area contributed by atoms with Crippen LogP contribution in [0.4, 0.5) is 5.69 Å². The van der Waals surface area contributed by atoms with Gasteiger partial charge in [-0.1, -0.05) is 18.2 Å². The summed E-state index contributed by atoms with van der Waals surface area (Å²) in [6.45, 7) is 3.04. The Morgan fingerprint density at radius 2 is 1.71 bits per heavy atom. The van der Waals surface area contributed by atoms with Gasteiger partial charge in [-0.2, -0.15) is 0 Å². The molecule has 1 N–H and O–H groups in total. The Kier molecular flexibility index (Phi) is 4.96. The number of rotatable bonds is 4. The third kappa shape index (κ3) is 3.83. The van der Waals surface area contributed by atoms with Gasteiger partial charge in [-0.15, -0.1) is 0 Å². The Morgan fingerprint density at radius 3 is 2.33 bits per heavy atom. The zero-order chi connectivity index (χ0) is 16.9. The Hall–Kier alpha value is -2.60. The number of nitrogens with one attached hydrogen (secondary N) is 1. The molecule has 2 heterocycles. The second-order valence-corrected chi connectivity index (χ2v) is 5.99. The third-order valence-electron chi connectivity index (χ3n) is 4.25. The van der Waals surface area contributed by atoms with Crippen LogP contribution in [0.25, 0.3) is 0 Å². The molecule has 0 aliphatic carbocycles. The van der Waals surface area contributed by atoms with Gasteiger partial charge in [0.15, 0.2) is 0 Å². The van der Waals surface area contributed by atoms with Crippen LogP contribution in [-0.4, -0.2) is 58.9 Å². The van der Waals surface area contributed by atoms with E-state index in [0.717, 1.165) is 5.69 Å². The van der Waals surface area contributed by atoms with E-state index in [1.54, 1.807) is 0 Å². The number of aromatic nitrogens is 1. The standard InChI is InChI=1S/C18H22N4O2/c1-20-9-5-8-16(20)18(24)22-12-10-21(11-13-22)14-17(23)19-15-6-3-2-4-7-15/h2-9H,10-14H2,1H3,(H,19,23). The van der Waals surface area contributed by atoms with Gasteiger partial charge in [0.05, 0.1) is 6.54 Å². The average molecular weight is 326 g/mol. The van der Waals surface area contributed by atoms with Gasteiger partial charge in [-0.3, -0.25) is 14.5 Å². The lowest BCUT2D eigenvalue weighted by Crippen LogP contribution is -2.50. The number of benzene rings is 1. The minimum absolute atomic E-state index is 0.0246. The number of amides is 2. The summed E-state index contributed by atoms with van der Waals surface area (Å²) in [5, 5.41) is 2.89. The van der Waals surface area contributed by atoms with Gasteiger partial charge in [-0.25, -0.2) is 0 Å². The zero-order valence-electron chi connectivity index (χ0n) is 13.8. The van der Waals surface area contributed by atoms with Crippen LogP contribution < -0.4 is 5.32 Å². The van der Waals surface area contributed by atoms with Crippen molar-refractivity contribution in [1.82, 2.24) is 14.4 Å². The molecule has 6 nitrogen and oxygen atoms in total. The van der Waals surface area contributed by atoms with Gasteiger partial charge in [0, 0.05) is 45.1 Å². The lowest BCUT2D eigenvalue weighted by Gasteiger charge is -2.34. The van der Waals surface area contributed by atoms with Gasteiger partial charge in [0.2, 0.25) is 5.91 Å². The summed E-state index contributed by atoms with van der Waals surface area (Å²) in [6.07, 6.45) is 1.87. The number of hydrogen-bond donors (Lipinski definition) is 1. The highest BCUT2D eigenvalue weighted by Gasteiger charge is 2.24. The van der Waals surface area contributed by atoms with E-state index >= 15 is 0 Å². The fraction of sp³-hybridized carbons (Fsp3) is 0.333. The molecule has 0 atom stereocenters. The average Bonchev–Trinajstić information content (AvgIpc) is 3.02. The Balaban J connectivity index is 1.48. The first-order valence-electron chi connectivity index (χ1n) is 8.11. The fourth-order valence-corrected chi connectivity index (χ4v) is 2.88. The van der Waals surface area contributed by atoms with Crippen molar-refractivity contribution < 1.29 is 9.59 Å². The Bertz CT molecular complexity index is 703. The molecule has 0 spiro atoms. The monoisotopic (exact) mass is 326 g/mol. The minimum atomic E-state index is -0.0246. The first-order valence-corrected chi connectivity index (χ1v) is 8.11. The van der Waals surface area contributed by atoms with E-state index in [9.17, 15) is 9.59 Å². The van der Waals surface area contributed by atoms with Gasteiger partial charge >= 0.3 is 0 Å². The molecule has 1 aromatic heterocycles. The number of hydrogen-bond acceptors (Lipinski definition) is 3. The van der Waals surface area contributed by atoms with Crippen molar-refractivity contribution in [2.24, 2.45) is 7.05 Å². The lowest BCUT2D eigenvalue weighted by molar-refractivity contribution is -0.117. The van der Waals surface area contributed by atoms with Crippen LogP contribution in [0.15, 0.2) is 48.7 Å². The molecule has 0 bridgehead atoms. The second kappa shape index (κ2) is 7.31. The summed E-state index contributed by atoms with van der Waals surface area (Å²) in [4.78, 5) is 28.5. The van der Waals surface area contributed by atoms with Crippen LogP contribution in [0.5, 0.6) is 0 Å². The second-order valence-electron chi connectivity index (χ2n) is 5.99. The van der Waals surface area contributed by atoms with Crippen molar-refractivity contribution in [1.29, 1.82) is 0 Å². The normalized spacial score (nSPS) is 15.3. The third-order valence-corrected chi connectivity index (χ3v) is 4.25. The molecule has 3 rings (SSSR count). The molecule has 1 aliphatic rings. The van der Waals surface area contributed by atoms with E-state index in [0.29, 0.717) is 38.4 Å². The molecule has 1 aliphatic heterocycles. The van der Waals surface area contributed by atoms with Gasteiger partial charge < -0.3 is 14.8 Å². The SMILES string of the molecule is Cn1cccc1C(=O)N1CCN(CC(=O)Nc2ccccc2)CC1. The number of carbonyl (C=O) groups is 2. The van der Waals surface area contributed by atoms with Gasteiger partial charge in [-0.05, 0) is 24.3 Å². The summed E-state index contributed by atoms with van der Waals surface area (Å²) in [5.41, 5.74) is 1.50. The highest BCUT2D eigenvalue weighted by Crippen LogP contribution is 2.10. The van der Waals surface area contributed by atoms with Crippen molar-refractivity contribution in [2.75, 3.05) is 38.0 Å². The highest BCUT2D eigenvalue weighted by molar-refractivity contribution is 5.93. The summed E-state index contributed by atoms with van der Waals surface area (Å²) in [7, 11) is 1.87. The highest BCUT2D eigenvalue weighted by atomic mass is 16.2. The number of piperazine rings is 1. The molecule has 2 amide bonds. The van der Waals surface area contributed by atoms with Crippen LogP contribution in [0.1, 0.15) is 10.5 Å². The summed E-state index contributed by atoms with van der Waals surface area (Å²) in [6, 6.07) is 13.1. The van der Waals surface area contributed by atoms with Crippen molar-refractivity contribution in [3.8, 4) is 0 Å². The molecule has 0 radical (unpaired) electrons. The molecule has 1 saturated heterocycles. The largest absolute Gasteiger partial charge is 0.347 e. The summed E-state index contributed by atoms with van der Waals surface area (Å²) >= 11 is 0. The first kappa shape index (κ1) is 16.3. The maximum Gasteiger partial charge on any atom is 0.270 e. The molecular weight excluding hydrogens is 304 g/mol. The van der Waals surface area contributed by atoms with Crippen molar-refractivity contribution in [2.45, 2.75) is 0 Å². The molecule has 0 saturated carbocycles. The zero-order valence-corrected chi connectivity index (χ0v) is 13.8. The van der Waals surface area contributed by atoms with E-state index in [1.165, 1.54) is 0 Å². The van der Waals surface area contributed by atoms with Crippen LogP contribution >= 0.6 is 0 Å². The van der Waals surface area contributed by atoms with Crippen molar-refractivity contribution >= 4 is 17.5 Å². The number of carbonyl (C=O) groups excluding carboxylic acids is 2. The summed E-state index contributed by atoms with van der Waals surface area (Å²) < 4.78 is 1.84. The van der Waals surface area contributed by atoms with Crippen LogP contribution in [0, 0.1) is 0 Å². The van der Waals surface area contributed by atoms with Crippen molar-refractivity contribution in [3.63, 3.8) is 0 Å². The topological polar surface area (TPSA) is 57.6 Å². The van der Waals surface area contributed by atoms with Crippen LogP contribution in [0.3, 0.4) is 0 Å².